The van der Waals surface area contributed by atoms with Gasteiger partial charge in [0.2, 0.25) is 5.43 Å². The monoisotopic (exact) mass is 325 g/mol. The molecule has 0 aliphatic carbocycles. The number of aromatic amines is 1. The molecule has 2 rings (SSSR count). The standard InChI is InChI=1S/C14H9Cl2NO2S/c1-3-6-20-14-10(7(2)18)13(19)11-8(15)4-5-9(16)12(11)17-14/h1,4-5H,6H2,2H3,(H,17,19). The smallest absolute Gasteiger partial charge is 0.202 e. The number of rotatable bonds is 3. The van der Waals surface area contributed by atoms with E-state index >= 15 is 0 Å². The Morgan fingerprint density at radius 2 is 2.05 bits per heavy atom. The molecule has 0 saturated heterocycles. The molecule has 20 heavy (non-hydrogen) atoms. The normalized spacial score (nSPS) is 10.5. The lowest BCUT2D eigenvalue weighted by Crippen LogP contribution is -2.17. The molecule has 3 nitrogen and oxygen atoms in total. The van der Waals surface area contributed by atoms with Gasteiger partial charge in [0.05, 0.1) is 37.3 Å². The fourth-order valence-corrected chi connectivity index (χ4v) is 3.07. The van der Waals surface area contributed by atoms with Gasteiger partial charge < -0.3 is 4.98 Å². The van der Waals surface area contributed by atoms with E-state index in [2.05, 4.69) is 10.9 Å². The second-order valence-corrected chi connectivity index (χ2v) is 5.79. The maximum atomic E-state index is 12.5. The number of terminal acetylenes is 1. The fraction of sp³-hybridized carbons (Fsp3) is 0.143. The lowest BCUT2D eigenvalue weighted by molar-refractivity contribution is 0.101. The Morgan fingerprint density at radius 3 is 2.65 bits per heavy atom. The zero-order valence-electron chi connectivity index (χ0n) is 10.4. The van der Waals surface area contributed by atoms with Crippen LogP contribution in [0.5, 0.6) is 0 Å². The zero-order valence-corrected chi connectivity index (χ0v) is 12.7. The number of hydrogen-bond donors (Lipinski definition) is 1. The van der Waals surface area contributed by atoms with Crippen LogP contribution in [0.4, 0.5) is 0 Å². The summed E-state index contributed by atoms with van der Waals surface area (Å²) in [6.07, 6.45) is 5.21. The summed E-state index contributed by atoms with van der Waals surface area (Å²) in [7, 11) is 0. The van der Waals surface area contributed by atoms with E-state index in [1.54, 1.807) is 6.07 Å². The van der Waals surface area contributed by atoms with Crippen LogP contribution in [0.1, 0.15) is 17.3 Å². The number of benzene rings is 1. The second kappa shape index (κ2) is 5.92. The Labute approximate surface area is 129 Å². The number of pyridine rings is 1. The van der Waals surface area contributed by atoms with Gasteiger partial charge in [-0.1, -0.05) is 40.9 Å². The first-order valence-corrected chi connectivity index (χ1v) is 7.32. The summed E-state index contributed by atoms with van der Waals surface area (Å²) in [6.45, 7) is 1.33. The van der Waals surface area contributed by atoms with Crippen LogP contribution in [-0.4, -0.2) is 16.5 Å². The summed E-state index contributed by atoms with van der Waals surface area (Å²) in [5.41, 5.74) is 0.0360. The summed E-state index contributed by atoms with van der Waals surface area (Å²) >= 11 is 13.3. The number of halogens is 2. The lowest BCUT2D eigenvalue weighted by atomic mass is 10.1. The van der Waals surface area contributed by atoms with Gasteiger partial charge in [0.25, 0.3) is 0 Å². The third kappa shape index (κ3) is 2.57. The molecule has 0 radical (unpaired) electrons. The van der Waals surface area contributed by atoms with Gasteiger partial charge in [-0.3, -0.25) is 9.59 Å². The minimum absolute atomic E-state index is 0.0573. The van der Waals surface area contributed by atoms with Crippen molar-refractivity contribution in [2.24, 2.45) is 0 Å². The van der Waals surface area contributed by atoms with Crippen molar-refractivity contribution in [3.05, 3.63) is 38.0 Å². The predicted octanol–water partition coefficient (Wildman–Crippen LogP) is 3.76. The van der Waals surface area contributed by atoms with E-state index in [0.717, 1.165) is 0 Å². The summed E-state index contributed by atoms with van der Waals surface area (Å²) in [4.78, 5) is 27.2. The average Bonchev–Trinajstić information content (AvgIpc) is 2.39. The van der Waals surface area contributed by atoms with Gasteiger partial charge in [-0.25, -0.2) is 0 Å². The molecule has 0 unspecified atom stereocenters. The molecule has 0 aliphatic heterocycles. The molecule has 0 atom stereocenters. The SMILES string of the molecule is C#CCSc1[nH]c2c(Cl)ccc(Cl)c2c(=O)c1C(C)=O. The van der Waals surface area contributed by atoms with Crippen LogP contribution in [0.2, 0.25) is 10.0 Å². The minimum Gasteiger partial charge on any atom is -0.348 e. The first-order chi connectivity index (χ1) is 9.47. The van der Waals surface area contributed by atoms with Gasteiger partial charge in [-0.15, -0.1) is 6.42 Å². The summed E-state index contributed by atoms with van der Waals surface area (Å²) < 4.78 is 0. The number of ketones is 1. The molecule has 6 heteroatoms. The molecule has 1 aromatic heterocycles. The van der Waals surface area contributed by atoms with Crippen LogP contribution in [0.3, 0.4) is 0 Å². The molecule has 0 fully saturated rings. The molecule has 102 valence electrons. The number of hydrogen-bond acceptors (Lipinski definition) is 3. The summed E-state index contributed by atoms with van der Waals surface area (Å²) in [5, 5.41) is 1.24. The topological polar surface area (TPSA) is 49.9 Å². The van der Waals surface area contributed by atoms with Crippen LogP contribution < -0.4 is 5.43 Å². The Kier molecular flexibility index (Phi) is 4.44. The van der Waals surface area contributed by atoms with Crippen LogP contribution in [0.25, 0.3) is 10.9 Å². The number of H-pyrrole nitrogens is 1. The number of nitrogens with one attached hydrogen (secondary N) is 1. The van der Waals surface area contributed by atoms with E-state index in [-0.39, 0.29) is 21.8 Å². The molecule has 2 aromatic rings. The lowest BCUT2D eigenvalue weighted by Gasteiger charge is -2.09. The van der Waals surface area contributed by atoms with Gasteiger partial charge in [-0.2, -0.15) is 0 Å². The van der Waals surface area contributed by atoms with Crippen molar-refractivity contribution in [1.82, 2.24) is 4.98 Å². The third-order valence-corrected chi connectivity index (χ3v) is 4.21. The maximum Gasteiger partial charge on any atom is 0.202 e. The van der Waals surface area contributed by atoms with E-state index < -0.39 is 5.43 Å². The number of fused-ring (bicyclic) bond motifs is 1. The van der Waals surface area contributed by atoms with Crippen molar-refractivity contribution in [1.29, 1.82) is 0 Å². The highest BCUT2D eigenvalue weighted by Crippen LogP contribution is 2.29. The molecule has 0 aliphatic rings. The number of Topliss-reactive ketones (excluding diaryl/α,β-unsaturated/α-hetero) is 1. The van der Waals surface area contributed by atoms with Crippen LogP contribution in [0, 0.1) is 12.3 Å². The molecule has 1 N–H and O–H groups in total. The highest BCUT2D eigenvalue weighted by Gasteiger charge is 2.19. The van der Waals surface area contributed by atoms with E-state index in [0.29, 0.717) is 21.3 Å². The van der Waals surface area contributed by atoms with Gasteiger partial charge in [0, 0.05) is 0 Å². The predicted molar refractivity (Wildman–Crippen MR) is 84.2 cm³/mol. The van der Waals surface area contributed by atoms with Crippen molar-refractivity contribution in [3.8, 4) is 12.3 Å². The number of carbonyl (C=O) groups is 1. The minimum atomic E-state index is -0.432. The first kappa shape index (κ1) is 15.0. The molecular formula is C14H9Cl2NO2S. The Balaban J connectivity index is 2.90. The van der Waals surface area contributed by atoms with Gasteiger partial charge in [0.1, 0.15) is 0 Å². The van der Waals surface area contributed by atoms with Gasteiger partial charge in [-0.05, 0) is 19.1 Å². The van der Waals surface area contributed by atoms with Crippen LogP contribution >= 0.6 is 35.0 Å². The average molecular weight is 326 g/mol. The molecule has 0 saturated carbocycles. The van der Waals surface area contributed by atoms with Gasteiger partial charge in [0.15, 0.2) is 5.78 Å². The number of carbonyl (C=O) groups excluding carboxylic acids is 1. The van der Waals surface area contributed by atoms with Crippen molar-refractivity contribution in [2.75, 3.05) is 5.75 Å². The fourth-order valence-electron chi connectivity index (χ4n) is 1.84. The van der Waals surface area contributed by atoms with Gasteiger partial charge >= 0.3 is 0 Å². The Hall–Kier alpha value is -1.41. The first-order valence-electron chi connectivity index (χ1n) is 5.58. The molecular weight excluding hydrogens is 317 g/mol. The largest absolute Gasteiger partial charge is 0.348 e. The number of aromatic nitrogens is 1. The van der Waals surface area contributed by atoms with Crippen molar-refractivity contribution in [2.45, 2.75) is 11.9 Å². The van der Waals surface area contributed by atoms with Crippen molar-refractivity contribution < 1.29 is 4.79 Å². The molecule has 1 aromatic carbocycles. The van der Waals surface area contributed by atoms with Crippen LogP contribution in [-0.2, 0) is 0 Å². The molecule has 0 bridgehead atoms. The Bertz CT molecular complexity index is 805. The van der Waals surface area contributed by atoms with E-state index in [9.17, 15) is 9.59 Å². The summed E-state index contributed by atoms with van der Waals surface area (Å²) in [5.74, 6) is 2.44. The van der Waals surface area contributed by atoms with Crippen LogP contribution in [0.15, 0.2) is 22.0 Å². The van der Waals surface area contributed by atoms with E-state index in [1.165, 1.54) is 24.8 Å². The maximum absolute atomic E-state index is 12.5. The highest BCUT2D eigenvalue weighted by atomic mass is 35.5. The molecule has 1 heterocycles. The van der Waals surface area contributed by atoms with E-state index in [1.807, 2.05) is 0 Å². The zero-order chi connectivity index (χ0) is 14.9. The van der Waals surface area contributed by atoms with Crippen molar-refractivity contribution in [3.63, 3.8) is 0 Å². The van der Waals surface area contributed by atoms with E-state index in [4.69, 9.17) is 29.6 Å². The van der Waals surface area contributed by atoms with Crippen molar-refractivity contribution >= 4 is 51.6 Å². The number of thioether (sulfide) groups is 1. The molecule has 0 spiro atoms. The quantitative estimate of drug-likeness (QED) is 0.531. The Morgan fingerprint density at radius 1 is 1.40 bits per heavy atom. The molecule has 0 amide bonds. The second-order valence-electron chi connectivity index (χ2n) is 3.99. The summed E-state index contributed by atoms with van der Waals surface area (Å²) in [6, 6.07) is 3.12. The highest BCUT2D eigenvalue weighted by molar-refractivity contribution is 7.99. The third-order valence-electron chi connectivity index (χ3n) is 2.68.